The minimum atomic E-state index is -0.503. The van der Waals surface area contributed by atoms with Crippen molar-refractivity contribution in [2.24, 2.45) is 0 Å². The Morgan fingerprint density at radius 2 is 1.85 bits per heavy atom. The molecule has 26 heavy (non-hydrogen) atoms. The van der Waals surface area contributed by atoms with Crippen LogP contribution in [0.2, 0.25) is 0 Å². The largest absolute Gasteiger partial charge is 0.444 e. The summed E-state index contributed by atoms with van der Waals surface area (Å²) in [5.41, 5.74) is 0.00113. The lowest BCUT2D eigenvalue weighted by molar-refractivity contribution is -0.110. The van der Waals surface area contributed by atoms with Gasteiger partial charge in [-0.15, -0.1) is 0 Å². The Balaban J connectivity index is 2.02. The van der Waals surface area contributed by atoms with Crippen molar-refractivity contribution in [2.75, 3.05) is 20.1 Å². The third-order valence-corrected chi connectivity index (χ3v) is 5.07. The molecular formula is C19H28BrN3O3. The van der Waals surface area contributed by atoms with E-state index in [-0.39, 0.29) is 6.09 Å². The molecule has 144 valence electrons. The van der Waals surface area contributed by atoms with E-state index < -0.39 is 17.3 Å². The first-order valence-corrected chi connectivity index (χ1v) is 9.63. The molecule has 0 aliphatic carbocycles. The number of carbonyl (C=O) groups is 2. The highest BCUT2D eigenvalue weighted by Gasteiger charge is 2.37. The van der Waals surface area contributed by atoms with Gasteiger partial charge in [0.25, 0.3) is 0 Å². The van der Waals surface area contributed by atoms with Gasteiger partial charge in [0.1, 0.15) is 11.9 Å². The van der Waals surface area contributed by atoms with Crippen LogP contribution in [0, 0.1) is 0 Å². The van der Waals surface area contributed by atoms with E-state index in [2.05, 4.69) is 26.6 Å². The Hall–Kier alpha value is -1.44. The number of hydrogen-bond donors (Lipinski definition) is 2. The number of aldehydes is 1. The zero-order valence-corrected chi connectivity index (χ0v) is 17.4. The average molecular weight is 426 g/mol. The van der Waals surface area contributed by atoms with Gasteiger partial charge in [-0.2, -0.15) is 0 Å². The summed E-state index contributed by atoms with van der Waals surface area (Å²) >= 11 is 3.41. The molecule has 2 rings (SSSR count). The maximum atomic E-state index is 12.2. The van der Waals surface area contributed by atoms with Crippen LogP contribution in [-0.4, -0.2) is 48.7 Å². The third kappa shape index (κ3) is 5.53. The molecule has 7 heteroatoms. The smallest absolute Gasteiger partial charge is 0.410 e. The minimum Gasteiger partial charge on any atom is -0.444 e. The fourth-order valence-electron chi connectivity index (χ4n) is 3.03. The maximum Gasteiger partial charge on any atom is 0.410 e. The van der Waals surface area contributed by atoms with E-state index >= 15 is 0 Å². The van der Waals surface area contributed by atoms with E-state index in [9.17, 15) is 9.59 Å². The van der Waals surface area contributed by atoms with E-state index in [0.29, 0.717) is 25.9 Å². The topological polar surface area (TPSA) is 70.7 Å². The zero-order valence-electron chi connectivity index (χ0n) is 15.8. The Labute approximate surface area is 163 Å². The molecular weight excluding hydrogens is 398 g/mol. The highest BCUT2D eigenvalue weighted by atomic mass is 79.9. The number of benzene rings is 1. The van der Waals surface area contributed by atoms with Crippen molar-refractivity contribution in [1.82, 2.24) is 15.5 Å². The summed E-state index contributed by atoms with van der Waals surface area (Å²) in [6.45, 7) is 6.72. The van der Waals surface area contributed by atoms with Crippen LogP contribution < -0.4 is 10.6 Å². The molecule has 0 bridgehead atoms. The molecule has 1 fully saturated rings. The quantitative estimate of drug-likeness (QED) is 0.559. The lowest BCUT2D eigenvalue weighted by Crippen LogP contribution is -2.62. The molecule has 1 aliphatic rings. The molecule has 1 amide bonds. The number of piperidine rings is 1. The van der Waals surface area contributed by atoms with E-state index in [4.69, 9.17) is 4.74 Å². The number of nitrogens with zero attached hydrogens (tertiary/aromatic N) is 1. The molecule has 0 spiro atoms. The van der Waals surface area contributed by atoms with Crippen molar-refractivity contribution in [3.8, 4) is 0 Å². The minimum absolute atomic E-state index is 0.290. The normalized spacial score (nSPS) is 18.3. The molecule has 1 atom stereocenters. The monoisotopic (exact) mass is 425 g/mol. The second-order valence-electron chi connectivity index (χ2n) is 7.61. The van der Waals surface area contributed by atoms with Crippen LogP contribution in [0.4, 0.5) is 4.79 Å². The fourth-order valence-corrected chi connectivity index (χ4v) is 3.29. The standard InChI is InChI=1S/C19H28BrN3O3/c1-18(2,3)26-17(25)23-11-9-19(21-4,10-12-23)22-16(13-24)14-5-7-15(20)8-6-14/h5-8,13,16,21-22H,9-12H2,1-4H3. The Morgan fingerprint density at radius 1 is 1.27 bits per heavy atom. The van der Waals surface area contributed by atoms with Crippen LogP contribution in [0.1, 0.15) is 45.2 Å². The van der Waals surface area contributed by atoms with Crippen molar-refractivity contribution in [3.05, 3.63) is 34.3 Å². The average Bonchev–Trinajstić information content (AvgIpc) is 2.59. The van der Waals surface area contributed by atoms with Crippen molar-refractivity contribution in [2.45, 2.75) is 50.9 Å². The van der Waals surface area contributed by atoms with Crippen molar-refractivity contribution < 1.29 is 14.3 Å². The fraction of sp³-hybridized carbons (Fsp3) is 0.579. The van der Waals surface area contributed by atoms with Gasteiger partial charge in [0.15, 0.2) is 0 Å². The molecule has 1 heterocycles. The predicted octanol–water partition coefficient (Wildman–Crippen LogP) is 3.23. The number of halogens is 1. The van der Waals surface area contributed by atoms with Gasteiger partial charge in [0, 0.05) is 17.6 Å². The highest BCUT2D eigenvalue weighted by molar-refractivity contribution is 9.10. The highest BCUT2D eigenvalue weighted by Crippen LogP contribution is 2.25. The Morgan fingerprint density at radius 3 is 2.31 bits per heavy atom. The van der Waals surface area contributed by atoms with Crippen molar-refractivity contribution >= 4 is 28.3 Å². The number of rotatable bonds is 5. The number of nitrogens with one attached hydrogen (secondary N) is 2. The van der Waals surface area contributed by atoms with E-state index in [1.807, 2.05) is 52.1 Å². The molecule has 1 aliphatic heterocycles. The van der Waals surface area contributed by atoms with Crippen molar-refractivity contribution in [1.29, 1.82) is 0 Å². The van der Waals surface area contributed by atoms with Crippen molar-refractivity contribution in [3.63, 3.8) is 0 Å². The first kappa shape index (κ1) is 20.9. The number of amides is 1. The molecule has 6 nitrogen and oxygen atoms in total. The van der Waals surface area contributed by atoms with Crippen LogP contribution >= 0.6 is 15.9 Å². The van der Waals surface area contributed by atoms with E-state index in [1.54, 1.807) is 4.90 Å². The summed E-state index contributed by atoms with van der Waals surface area (Å²) in [6, 6.07) is 7.28. The van der Waals surface area contributed by atoms with Gasteiger partial charge in [-0.05, 0) is 58.4 Å². The lowest BCUT2D eigenvalue weighted by atomic mass is 9.94. The zero-order chi connectivity index (χ0) is 19.4. The predicted molar refractivity (Wildman–Crippen MR) is 105 cm³/mol. The SMILES string of the molecule is CNC1(NC(C=O)c2ccc(Br)cc2)CCN(C(=O)OC(C)(C)C)CC1. The van der Waals surface area contributed by atoms with Crippen LogP contribution in [0.5, 0.6) is 0 Å². The van der Waals surface area contributed by atoms with Gasteiger partial charge in [-0.3, -0.25) is 5.32 Å². The first-order chi connectivity index (χ1) is 12.2. The van der Waals surface area contributed by atoms with Gasteiger partial charge < -0.3 is 19.7 Å². The van der Waals surface area contributed by atoms with Crippen LogP contribution in [0.3, 0.4) is 0 Å². The summed E-state index contributed by atoms with van der Waals surface area (Å²) in [7, 11) is 1.87. The number of carbonyl (C=O) groups excluding carboxylic acids is 2. The van der Waals surface area contributed by atoms with E-state index in [0.717, 1.165) is 16.3 Å². The molecule has 1 aromatic rings. The van der Waals surface area contributed by atoms with Gasteiger partial charge >= 0.3 is 6.09 Å². The molecule has 0 radical (unpaired) electrons. The molecule has 1 unspecified atom stereocenters. The lowest BCUT2D eigenvalue weighted by Gasteiger charge is -2.43. The van der Waals surface area contributed by atoms with Gasteiger partial charge in [-0.1, -0.05) is 28.1 Å². The Kier molecular flexibility index (Phi) is 6.82. The van der Waals surface area contributed by atoms with Gasteiger partial charge in [-0.25, -0.2) is 4.79 Å². The molecule has 0 saturated carbocycles. The summed E-state index contributed by atoms with van der Waals surface area (Å²) in [5.74, 6) is 0. The second kappa shape index (κ2) is 8.50. The third-order valence-electron chi connectivity index (χ3n) is 4.54. The first-order valence-electron chi connectivity index (χ1n) is 8.83. The molecule has 0 aromatic heterocycles. The number of ether oxygens (including phenoxy) is 1. The Bertz CT molecular complexity index is 620. The van der Waals surface area contributed by atoms with Crippen LogP contribution in [0.15, 0.2) is 28.7 Å². The molecule has 1 saturated heterocycles. The van der Waals surface area contributed by atoms with Crippen LogP contribution in [0.25, 0.3) is 0 Å². The molecule has 1 aromatic carbocycles. The summed E-state index contributed by atoms with van der Waals surface area (Å²) in [4.78, 5) is 25.6. The molecule has 2 N–H and O–H groups in total. The number of hydrogen-bond acceptors (Lipinski definition) is 5. The maximum absolute atomic E-state index is 12.2. The van der Waals surface area contributed by atoms with E-state index in [1.165, 1.54) is 0 Å². The summed E-state index contributed by atoms with van der Waals surface area (Å²) in [6.07, 6.45) is 2.00. The van der Waals surface area contributed by atoms with Gasteiger partial charge in [0.05, 0.1) is 11.7 Å². The van der Waals surface area contributed by atoms with Crippen LogP contribution in [-0.2, 0) is 9.53 Å². The summed E-state index contributed by atoms with van der Waals surface area (Å²) in [5, 5.41) is 6.75. The summed E-state index contributed by atoms with van der Waals surface area (Å²) < 4.78 is 6.42. The van der Waals surface area contributed by atoms with Gasteiger partial charge in [0.2, 0.25) is 0 Å². The second-order valence-corrected chi connectivity index (χ2v) is 8.52. The number of likely N-dealkylation sites (tertiary alicyclic amines) is 1.